The van der Waals surface area contributed by atoms with Crippen molar-refractivity contribution >= 4 is 22.6 Å². The summed E-state index contributed by atoms with van der Waals surface area (Å²) in [6.07, 6.45) is 9.16. The lowest BCUT2D eigenvalue weighted by atomic mass is 9.97. The van der Waals surface area contributed by atoms with Gasteiger partial charge in [0, 0.05) is 12.2 Å². The van der Waals surface area contributed by atoms with Gasteiger partial charge in [0.1, 0.15) is 17.1 Å². The van der Waals surface area contributed by atoms with E-state index in [1.54, 1.807) is 0 Å². The lowest BCUT2D eigenvalue weighted by Crippen LogP contribution is -2.20. The topological polar surface area (TPSA) is 50.9 Å². The zero-order valence-corrected chi connectivity index (χ0v) is 12.0. The number of aromatic nitrogens is 3. The second kappa shape index (κ2) is 4.71. The van der Waals surface area contributed by atoms with Gasteiger partial charge in [-0.2, -0.15) is 0 Å². The van der Waals surface area contributed by atoms with Crippen LogP contribution in [0.15, 0.2) is 18.6 Å². The van der Waals surface area contributed by atoms with Crippen LogP contribution >= 0.6 is 11.6 Å². The molecule has 0 aliphatic heterocycles. The van der Waals surface area contributed by atoms with Crippen molar-refractivity contribution in [1.29, 1.82) is 0 Å². The van der Waals surface area contributed by atoms with Gasteiger partial charge in [0.05, 0.1) is 11.5 Å². The standard InChI is InChI=1S/C15H18ClN3O/c16-14-12-5-6-19(15(12)18-8-17-14)11-4-3-10(7-11)13(20)9-1-2-9/h5-6,8-11,13,20H,1-4,7H2. The van der Waals surface area contributed by atoms with E-state index in [4.69, 9.17) is 11.6 Å². The predicted molar refractivity (Wildman–Crippen MR) is 77.6 cm³/mol. The summed E-state index contributed by atoms with van der Waals surface area (Å²) in [6.45, 7) is 0. The molecule has 3 atom stereocenters. The zero-order valence-electron chi connectivity index (χ0n) is 11.2. The molecule has 0 radical (unpaired) electrons. The highest BCUT2D eigenvalue weighted by Gasteiger charge is 2.39. The Morgan fingerprint density at radius 1 is 1.20 bits per heavy atom. The third-order valence-electron chi connectivity index (χ3n) is 4.89. The molecule has 3 unspecified atom stereocenters. The minimum absolute atomic E-state index is 0.0972. The van der Waals surface area contributed by atoms with Crippen LogP contribution < -0.4 is 0 Å². The number of aliphatic hydroxyl groups is 1. The van der Waals surface area contributed by atoms with Crippen molar-refractivity contribution in [2.24, 2.45) is 11.8 Å². The molecule has 0 spiro atoms. The highest BCUT2D eigenvalue weighted by Crippen LogP contribution is 2.44. The molecule has 0 amide bonds. The number of hydrogen-bond donors (Lipinski definition) is 1. The van der Waals surface area contributed by atoms with Crippen LogP contribution in [0.4, 0.5) is 0 Å². The van der Waals surface area contributed by atoms with Gasteiger partial charge in [-0.05, 0) is 50.0 Å². The first-order valence-electron chi connectivity index (χ1n) is 7.39. The SMILES string of the molecule is OC(C1CC1)C1CCC(n2ccc3c(Cl)ncnc32)C1. The van der Waals surface area contributed by atoms with Crippen LogP contribution in [0.5, 0.6) is 0 Å². The van der Waals surface area contributed by atoms with Gasteiger partial charge >= 0.3 is 0 Å². The van der Waals surface area contributed by atoms with Crippen molar-refractivity contribution < 1.29 is 5.11 Å². The zero-order chi connectivity index (χ0) is 13.7. The van der Waals surface area contributed by atoms with Crippen molar-refractivity contribution in [2.75, 3.05) is 0 Å². The molecule has 5 heteroatoms. The van der Waals surface area contributed by atoms with E-state index >= 15 is 0 Å². The highest BCUT2D eigenvalue weighted by molar-refractivity contribution is 6.33. The maximum atomic E-state index is 10.3. The summed E-state index contributed by atoms with van der Waals surface area (Å²) in [7, 11) is 0. The van der Waals surface area contributed by atoms with Gasteiger partial charge in [0.25, 0.3) is 0 Å². The summed E-state index contributed by atoms with van der Waals surface area (Å²) < 4.78 is 2.21. The van der Waals surface area contributed by atoms with Gasteiger partial charge < -0.3 is 9.67 Å². The smallest absolute Gasteiger partial charge is 0.145 e. The summed E-state index contributed by atoms with van der Waals surface area (Å²) in [5, 5.41) is 11.7. The molecule has 106 valence electrons. The first-order chi connectivity index (χ1) is 9.74. The van der Waals surface area contributed by atoms with E-state index in [2.05, 4.69) is 20.7 Å². The second-order valence-electron chi connectivity index (χ2n) is 6.18. The van der Waals surface area contributed by atoms with E-state index in [0.29, 0.717) is 23.0 Å². The Labute approximate surface area is 122 Å². The number of nitrogens with zero attached hydrogens (tertiary/aromatic N) is 3. The average Bonchev–Trinajstić information content (AvgIpc) is 3.01. The fourth-order valence-electron chi connectivity index (χ4n) is 3.61. The summed E-state index contributed by atoms with van der Waals surface area (Å²) >= 11 is 6.10. The molecule has 2 saturated carbocycles. The Morgan fingerprint density at radius 2 is 2.00 bits per heavy atom. The molecule has 2 aliphatic carbocycles. The van der Waals surface area contributed by atoms with Crippen LogP contribution in [0.2, 0.25) is 5.15 Å². The number of aliphatic hydroxyl groups excluding tert-OH is 1. The summed E-state index contributed by atoms with van der Waals surface area (Å²) in [6, 6.07) is 2.42. The Kier molecular flexibility index (Phi) is 2.97. The first-order valence-corrected chi connectivity index (χ1v) is 7.77. The van der Waals surface area contributed by atoms with Crippen LogP contribution in [-0.4, -0.2) is 25.7 Å². The Hall–Kier alpha value is -1.13. The van der Waals surface area contributed by atoms with Gasteiger partial charge in [0.15, 0.2) is 0 Å². The first kappa shape index (κ1) is 12.6. The predicted octanol–water partition coefficient (Wildman–Crippen LogP) is 3.20. The molecule has 2 fully saturated rings. The third-order valence-corrected chi connectivity index (χ3v) is 5.19. The van der Waals surface area contributed by atoms with Gasteiger partial charge in [-0.25, -0.2) is 9.97 Å². The Morgan fingerprint density at radius 3 is 2.80 bits per heavy atom. The van der Waals surface area contributed by atoms with Crippen molar-refractivity contribution in [2.45, 2.75) is 44.2 Å². The average molecular weight is 292 g/mol. The normalized spacial score (nSPS) is 28.1. The molecule has 4 nitrogen and oxygen atoms in total. The van der Waals surface area contributed by atoms with E-state index in [1.807, 2.05) is 6.07 Å². The molecule has 2 aromatic heterocycles. The molecule has 20 heavy (non-hydrogen) atoms. The van der Waals surface area contributed by atoms with Crippen LogP contribution in [0.1, 0.15) is 38.1 Å². The molecular weight excluding hydrogens is 274 g/mol. The number of fused-ring (bicyclic) bond motifs is 1. The van der Waals surface area contributed by atoms with Gasteiger partial charge in [-0.15, -0.1) is 0 Å². The molecule has 4 rings (SSSR count). The second-order valence-corrected chi connectivity index (χ2v) is 6.54. The minimum Gasteiger partial charge on any atom is -0.393 e. The lowest BCUT2D eigenvalue weighted by Gasteiger charge is -2.18. The monoisotopic (exact) mass is 291 g/mol. The van der Waals surface area contributed by atoms with Crippen molar-refractivity contribution in [3.05, 3.63) is 23.7 Å². The number of hydrogen-bond acceptors (Lipinski definition) is 3. The van der Waals surface area contributed by atoms with Crippen molar-refractivity contribution in [1.82, 2.24) is 14.5 Å². The van der Waals surface area contributed by atoms with Gasteiger partial charge in [-0.1, -0.05) is 11.6 Å². The van der Waals surface area contributed by atoms with E-state index in [9.17, 15) is 5.11 Å². The molecule has 2 aliphatic rings. The van der Waals surface area contributed by atoms with Crippen LogP contribution in [-0.2, 0) is 0 Å². The summed E-state index contributed by atoms with van der Waals surface area (Å²) in [5.41, 5.74) is 0.913. The van der Waals surface area contributed by atoms with E-state index < -0.39 is 0 Å². The molecule has 2 aromatic rings. The summed E-state index contributed by atoms with van der Waals surface area (Å²) in [4.78, 5) is 8.39. The summed E-state index contributed by atoms with van der Waals surface area (Å²) in [5.74, 6) is 1.01. The maximum absolute atomic E-state index is 10.3. The van der Waals surface area contributed by atoms with Gasteiger partial charge in [0.2, 0.25) is 0 Å². The quantitative estimate of drug-likeness (QED) is 0.884. The van der Waals surface area contributed by atoms with Crippen molar-refractivity contribution in [3.63, 3.8) is 0 Å². The largest absolute Gasteiger partial charge is 0.393 e. The van der Waals surface area contributed by atoms with Crippen LogP contribution in [0.3, 0.4) is 0 Å². The molecule has 0 bridgehead atoms. The van der Waals surface area contributed by atoms with Crippen LogP contribution in [0, 0.1) is 11.8 Å². The van der Waals surface area contributed by atoms with Gasteiger partial charge in [-0.3, -0.25) is 0 Å². The molecule has 0 aromatic carbocycles. The van der Waals surface area contributed by atoms with E-state index in [0.717, 1.165) is 30.3 Å². The number of halogens is 1. The fraction of sp³-hybridized carbons (Fsp3) is 0.600. The number of rotatable bonds is 3. The van der Waals surface area contributed by atoms with Crippen LogP contribution in [0.25, 0.3) is 11.0 Å². The maximum Gasteiger partial charge on any atom is 0.145 e. The Bertz CT molecular complexity index is 637. The molecule has 2 heterocycles. The van der Waals surface area contributed by atoms with Crippen molar-refractivity contribution in [3.8, 4) is 0 Å². The third kappa shape index (κ3) is 2.02. The lowest BCUT2D eigenvalue weighted by molar-refractivity contribution is 0.0876. The van der Waals surface area contributed by atoms with E-state index in [1.165, 1.54) is 19.2 Å². The minimum atomic E-state index is -0.0972. The molecule has 0 saturated heterocycles. The molecule has 1 N–H and O–H groups in total. The Balaban J connectivity index is 1.59. The highest BCUT2D eigenvalue weighted by atomic mass is 35.5. The fourth-order valence-corrected chi connectivity index (χ4v) is 3.80. The van der Waals surface area contributed by atoms with E-state index in [-0.39, 0.29) is 6.10 Å². The molecular formula is C15H18ClN3O.